The molecule has 28 heavy (non-hydrogen) atoms. The SMILES string of the molecule is CCCCCC1CCC(C2CCC(c3ccc4cc(O)ccc4c3)CC2)CC1. The second-order valence-electron chi connectivity index (χ2n) is 9.68. The van der Waals surface area contributed by atoms with Gasteiger partial charge in [-0.25, -0.2) is 0 Å². The van der Waals surface area contributed by atoms with Gasteiger partial charge in [-0.1, -0.05) is 69.7 Å². The molecule has 2 saturated carbocycles. The monoisotopic (exact) mass is 378 g/mol. The Labute approximate surface area is 171 Å². The van der Waals surface area contributed by atoms with Gasteiger partial charge in [0.15, 0.2) is 0 Å². The predicted octanol–water partition coefficient (Wildman–Crippen LogP) is 8.21. The molecule has 152 valence electrons. The molecule has 2 aliphatic carbocycles. The van der Waals surface area contributed by atoms with Crippen LogP contribution in [0, 0.1) is 17.8 Å². The molecule has 0 aliphatic heterocycles. The van der Waals surface area contributed by atoms with E-state index >= 15 is 0 Å². The minimum Gasteiger partial charge on any atom is -0.508 e. The fourth-order valence-electron chi connectivity index (χ4n) is 6.06. The van der Waals surface area contributed by atoms with E-state index in [0.717, 1.165) is 29.1 Å². The Balaban J connectivity index is 1.27. The van der Waals surface area contributed by atoms with Crippen LogP contribution in [0.25, 0.3) is 10.8 Å². The van der Waals surface area contributed by atoms with Gasteiger partial charge in [-0.15, -0.1) is 0 Å². The lowest BCUT2D eigenvalue weighted by molar-refractivity contribution is 0.155. The third-order valence-corrected chi connectivity index (χ3v) is 7.87. The van der Waals surface area contributed by atoms with Crippen LogP contribution >= 0.6 is 0 Å². The van der Waals surface area contributed by atoms with E-state index in [4.69, 9.17) is 0 Å². The lowest BCUT2D eigenvalue weighted by Gasteiger charge is -2.38. The van der Waals surface area contributed by atoms with Gasteiger partial charge in [0, 0.05) is 0 Å². The zero-order chi connectivity index (χ0) is 19.3. The molecular weight excluding hydrogens is 340 g/mol. The van der Waals surface area contributed by atoms with Gasteiger partial charge in [0.1, 0.15) is 5.75 Å². The van der Waals surface area contributed by atoms with Crippen LogP contribution in [0.2, 0.25) is 0 Å². The first-order chi connectivity index (χ1) is 13.7. The molecule has 2 fully saturated rings. The summed E-state index contributed by atoms with van der Waals surface area (Å²) in [7, 11) is 0. The van der Waals surface area contributed by atoms with Gasteiger partial charge in [-0.3, -0.25) is 0 Å². The van der Waals surface area contributed by atoms with Crippen molar-refractivity contribution < 1.29 is 5.11 Å². The van der Waals surface area contributed by atoms with Crippen molar-refractivity contribution in [3.63, 3.8) is 0 Å². The number of hydrogen-bond acceptors (Lipinski definition) is 1. The Kier molecular flexibility index (Phi) is 6.60. The molecule has 1 N–H and O–H groups in total. The van der Waals surface area contributed by atoms with Crippen LogP contribution in [-0.4, -0.2) is 5.11 Å². The zero-order valence-electron chi connectivity index (χ0n) is 17.7. The summed E-state index contributed by atoms with van der Waals surface area (Å²) in [6, 6.07) is 12.6. The number of phenolic OH excluding ortho intramolecular Hbond substituents is 1. The zero-order valence-corrected chi connectivity index (χ0v) is 17.7. The van der Waals surface area contributed by atoms with Crippen molar-refractivity contribution in [2.45, 2.75) is 89.9 Å². The molecule has 2 aromatic carbocycles. The van der Waals surface area contributed by atoms with Crippen molar-refractivity contribution in [1.82, 2.24) is 0 Å². The van der Waals surface area contributed by atoms with E-state index in [-0.39, 0.29) is 0 Å². The summed E-state index contributed by atoms with van der Waals surface area (Å²) in [5.41, 5.74) is 1.51. The van der Waals surface area contributed by atoms with Gasteiger partial charge in [-0.2, -0.15) is 0 Å². The summed E-state index contributed by atoms with van der Waals surface area (Å²) in [6.07, 6.45) is 17.4. The largest absolute Gasteiger partial charge is 0.508 e. The molecule has 0 spiro atoms. The highest BCUT2D eigenvalue weighted by Gasteiger charge is 2.31. The number of unbranched alkanes of at least 4 members (excludes halogenated alkanes) is 2. The van der Waals surface area contributed by atoms with E-state index in [0.29, 0.717) is 5.75 Å². The van der Waals surface area contributed by atoms with E-state index in [1.165, 1.54) is 88.0 Å². The van der Waals surface area contributed by atoms with Crippen LogP contribution in [0.4, 0.5) is 0 Å². The minimum absolute atomic E-state index is 0.362. The molecule has 4 rings (SSSR count). The Bertz CT molecular complexity index is 748. The second-order valence-corrected chi connectivity index (χ2v) is 9.68. The topological polar surface area (TPSA) is 20.2 Å². The summed E-state index contributed by atoms with van der Waals surface area (Å²) in [5, 5.41) is 12.1. The average molecular weight is 379 g/mol. The molecule has 0 atom stereocenters. The molecule has 1 heteroatoms. The van der Waals surface area contributed by atoms with E-state index in [1.807, 2.05) is 12.1 Å². The Morgan fingerprint density at radius 3 is 2.11 bits per heavy atom. The molecule has 2 aromatic rings. The van der Waals surface area contributed by atoms with E-state index in [9.17, 15) is 5.11 Å². The Hall–Kier alpha value is -1.50. The fraction of sp³-hybridized carbons (Fsp3) is 0.630. The van der Waals surface area contributed by atoms with Crippen LogP contribution in [0.5, 0.6) is 5.75 Å². The first-order valence-corrected chi connectivity index (χ1v) is 12.0. The normalized spacial score (nSPS) is 28.5. The molecular formula is C27H38O. The molecule has 0 radical (unpaired) electrons. The van der Waals surface area contributed by atoms with E-state index in [1.54, 1.807) is 0 Å². The number of hydrogen-bond donors (Lipinski definition) is 1. The highest BCUT2D eigenvalue weighted by molar-refractivity contribution is 5.84. The average Bonchev–Trinajstić information content (AvgIpc) is 2.74. The van der Waals surface area contributed by atoms with Crippen LogP contribution < -0.4 is 0 Å². The minimum atomic E-state index is 0.362. The van der Waals surface area contributed by atoms with Crippen LogP contribution in [-0.2, 0) is 0 Å². The maximum atomic E-state index is 9.67. The Morgan fingerprint density at radius 1 is 0.750 bits per heavy atom. The van der Waals surface area contributed by atoms with Gasteiger partial charge in [0.25, 0.3) is 0 Å². The second kappa shape index (κ2) is 9.33. The first kappa shape index (κ1) is 19.8. The van der Waals surface area contributed by atoms with Gasteiger partial charge < -0.3 is 5.11 Å². The van der Waals surface area contributed by atoms with Gasteiger partial charge in [0.2, 0.25) is 0 Å². The third-order valence-electron chi connectivity index (χ3n) is 7.87. The number of benzene rings is 2. The molecule has 0 unspecified atom stereocenters. The first-order valence-electron chi connectivity index (χ1n) is 12.0. The smallest absolute Gasteiger partial charge is 0.116 e. The van der Waals surface area contributed by atoms with Crippen molar-refractivity contribution in [3.8, 4) is 5.75 Å². The highest BCUT2D eigenvalue weighted by Crippen LogP contribution is 2.44. The lowest BCUT2D eigenvalue weighted by atomic mass is 9.68. The quantitative estimate of drug-likeness (QED) is 0.502. The van der Waals surface area contributed by atoms with E-state index in [2.05, 4.69) is 31.2 Å². The molecule has 2 aliphatic rings. The fourth-order valence-corrected chi connectivity index (χ4v) is 6.06. The maximum Gasteiger partial charge on any atom is 0.116 e. The molecule has 0 bridgehead atoms. The number of phenols is 1. The van der Waals surface area contributed by atoms with Crippen molar-refractivity contribution >= 4 is 10.8 Å². The van der Waals surface area contributed by atoms with Crippen LogP contribution in [0.15, 0.2) is 36.4 Å². The molecule has 0 amide bonds. The van der Waals surface area contributed by atoms with Crippen molar-refractivity contribution in [2.24, 2.45) is 17.8 Å². The summed E-state index contributed by atoms with van der Waals surface area (Å²) in [5.74, 6) is 4.14. The molecule has 0 heterocycles. The van der Waals surface area contributed by atoms with E-state index < -0.39 is 0 Å². The number of rotatable bonds is 6. The van der Waals surface area contributed by atoms with Crippen molar-refractivity contribution in [3.05, 3.63) is 42.0 Å². The summed E-state index contributed by atoms with van der Waals surface area (Å²) < 4.78 is 0. The third kappa shape index (κ3) is 4.73. The van der Waals surface area contributed by atoms with Crippen LogP contribution in [0.3, 0.4) is 0 Å². The summed E-state index contributed by atoms with van der Waals surface area (Å²) in [6.45, 7) is 2.32. The lowest BCUT2D eigenvalue weighted by Crippen LogP contribution is -2.25. The van der Waals surface area contributed by atoms with Crippen molar-refractivity contribution in [2.75, 3.05) is 0 Å². The summed E-state index contributed by atoms with van der Waals surface area (Å²) >= 11 is 0. The standard InChI is InChI=1S/C27H38O/c1-2-3-4-5-20-6-8-21(9-7-20)22-10-12-23(13-11-22)24-14-15-26-19-27(28)17-16-25(26)18-24/h14-23,28H,2-13H2,1H3. The number of fused-ring (bicyclic) bond motifs is 1. The molecule has 0 aromatic heterocycles. The predicted molar refractivity (Wildman–Crippen MR) is 120 cm³/mol. The Morgan fingerprint density at radius 2 is 1.39 bits per heavy atom. The number of aromatic hydroxyl groups is 1. The van der Waals surface area contributed by atoms with Crippen molar-refractivity contribution in [1.29, 1.82) is 0 Å². The highest BCUT2D eigenvalue weighted by atomic mass is 16.3. The van der Waals surface area contributed by atoms with Gasteiger partial charge in [-0.05, 0) is 90.7 Å². The molecule has 1 nitrogen and oxygen atoms in total. The summed E-state index contributed by atoms with van der Waals surface area (Å²) in [4.78, 5) is 0. The maximum absolute atomic E-state index is 9.67. The van der Waals surface area contributed by atoms with Gasteiger partial charge >= 0.3 is 0 Å². The molecule has 0 saturated heterocycles. The van der Waals surface area contributed by atoms with Gasteiger partial charge in [0.05, 0.1) is 0 Å². The van der Waals surface area contributed by atoms with Crippen LogP contribution in [0.1, 0.15) is 95.5 Å².